The summed E-state index contributed by atoms with van der Waals surface area (Å²) >= 11 is 5.99. The number of halogens is 1. The first kappa shape index (κ1) is 12.5. The van der Waals surface area contributed by atoms with Crippen molar-refractivity contribution in [2.75, 3.05) is 6.61 Å². The molecule has 0 radical (unpaired) electrons. The zero-order valence-corrected chi connectivity index (χ0v) is 9.97. The van der Waals surface area contributed by atoms with Gasteiger partial charge in [-0.05, 0) is 31.0 Å². The Hall–Kier alpha value is -1.53. The van der Waals surface area contributed by atoms with Crippen LogP contribution in [-0.2, 0) is 11.2 Å². The van der Waals surface area contributed by atoms with E-state index >= 15 is 0 Å². The maximum absolute atomic E-state index is 11.5. The van der Waals surface area contributed by atoms with Crippen LogP contribution in [0.25, 0.3) is 0 Å². The summed E-state index contributed by atoms with van der Waals surface area (Å²) < 4.78 is 4.85. The third-order valence-corrected chi connectivity index (χ3v) is 2.54. The van der Waals surface area contributed by atoms with Crippen molar-refractivity contribution in [1.82, 2.24) is 0 Å². The van der Waals surface area contributed by atoms with Crippen LogP contribution in [0, 0.1) is 11.3 Å². The summed E-state index contributed by atoms with van der Waals surface area (Å²) in [6, 6.07) is 5.11. The smallest absolute Gasteiger partial charge is 0.339 e. The summed E-state index contributed by atoms with van der Waals surface area (Å²) in [7, 11) is 0. The topological polar surface area (TPSA) is 50.1 Å². The summed E-state index contributed by atoms with van der Waals surface area (Å²) in [6.07, 6.45) is 0.719. The zero-order valence-electron chi connectivity index (χ0n) is 9.21. The van der Waals surface area contributed by atoms with Crippen molar-refractivity contribution in [3.8, 4) is 6.07 Å². The first-order valence-corrected chi connectivity index (χ1v) is 5.41. The van der Waals surface area contributed by atoms with Gasteiger partial charge in [-0.25, -0.2) is 4.79 Å². The fraction of sp³-hybridized carbons (Fsp3) is 0.333. The predicted molar refractivity (Wildman–Crippen MR) is 61.5 cm³/mol. The van der Waals surface area contributed by atoms with Gasteiger partial charge in [-0.3, -0.25) is 0 Å². The van der Waals surface area contributed by atoms with Gasteiger partial charge in [-0.15, -0.1) is 0 Å². The fourth-order valence-electron chi connectivity index (χ4n) is 1.36. The second-order valence-electron chi connectivity index (χ2n) is 3.18. The molecular formula is C12H12ClNO2. The third-order valence-electron chi connectivity index (χ3n) is 2.18. The summed E-state index contributed by atoms with van der Waals surface area (Å²) in [4.78, 5) is 11.5. The van der Waals surface area contributed by atoms with Gasteiger partial charge >= 0.3 is 5.97 Å². The van der Waals surface area contributed by atoms with Crippen molar-refractivity contribution >= 4 is 17.6 Å². The average molecular weight is 238 g/mol. The summed E-state index contributed by atoms with van der Waals surface area (Å²) in [5.41, 5.74) is 1.39. The first-order chi connectivity index (χ1) is 7.63. The van der Waals surface area contributed by atoms with E-state index in [1.807, 2.05) is 13.0 Å². The van der Waals surface area contributed by atoms with Crippen molar-refractivity contribution in [2.45, 2.75) is 20.3 Å². The van der Waals surface area contributed by atoms with Crippen molar-refractivity contribution in [2.24, 2.45) is 0 Å². The van der Waals surface area contributed by atoms with E-state index in [2.05, 4.69) is 0 Å². The number of nitriles is 1. The predicted octanol–water partition coefficient (Wildman–Crippen LogP) is 2.95. The molecule has 0 saturated carbocycles. The van der Waals surface area contributed by atoms with Crippen molar-refractivity contribution in [1.29, 1.82) is 5.26 Å². The molecule has 0 atom stereocenters. The Balaban J connectivity index is 3.24. The van der Waals surface area contributed by atoms with E-state index in [0.717, 1.165) is 12.0 Å². The molecule has 0 unspecified atom stereocenters. The van der Waals surface area contributed by atoms with E-state index in [4.69, 9.17) is 21.6 Å². The number of hydrogen-bond donors (Lipinski definition) is 0. The van der Waals surface area contributed by atoms with Crippen LogP contribution in [0.1, 0.15) is 35.3 Å². The highest BCUT2D eigenvalue weighted by Crippen LogP contribution is 2.22. The lowest BCUT2D eigenvalue weighted by atomic mass is 10.0. The second kappa shape index (κ2) is 5.53. The highest BCUT2D eigenvalue weighted by Gasteiger charge is 2.15. The number of benzene rings is 1. The SMILES string of the molecule is CCOC(=O)c1cc(Cl)c(CC)cc1C#N. The Labute approximate surface area is 99.6 Å². The Morgan fingerprint density at radius 3 is 2.69 bits per heavy atom. The van der Waals surface area contributed by atoms with Crippen LogP contribution in [0.2, 0.25) is 5.02 Å². The molecule has 0 heterocycles. The molecule has 0 aromatic heterocycles. The molecule has 1 aromatic rings. The Kier molecular flexibility index (Phi) is 4.33. The molecule has 16 heavy (non-hydrogen) atoms. The first-order valence-electron chi connectivity index (χ1n) is 5.03. The summed E-state index contributed by atoms with van der Waals surface area (Å²) in [6.45, 7) is 3.93. The van der Waals surface area contributed by atoms with E-state index in [9.17, 15) is 4.79 Å². The minimum Gasteiger partial charge on any atom is -0.462 e. The Morgan fingerprint density at radius 1 is 1.50 bits per heavy atom. The zero-order chi connectivity index (χ0) is 12.1. The fourth-order valence-corrected chi connectivity index (χ4v) is 1.66. The van der Waals surface area contributed by atoms with E-state index in [1.165, 1.54) is 6.07 Å². The number of ether oxygens (including phenoxy) is 1. The normalized spacial score (nSPS) is 9.62. The number of carbonyl (C=O) groups is 1. The number of carbonyl (C=O) groups excluding carboxylic acids is 1. The standard InChI is InChI=1S/C12H12ClNO2/c1-3-8-5-9(7-14)10(6-11(8)13)12(15)16-4-2/h5-6H,3-4H2,1-2H3. The van der Waals surface area contributed by atoms with Crippen LogP contribution < -0.4 is 0 Å². The lowest BCUT2D eigenvalue weighted by Gasteiger charge is -2.07. The molecule has 0 saturated heterocycles. The summed E-state index contributed by atoms with van der Waals surface area (Å²) in [5.74, 6) is -0.511. The summed E-state index contributed by atoms with van der Waals surface area (Å²) in [5, 5.41) is 9.44. The molecule has 4 heteroatoms. The molecule has 0 aliphatic rings. The highest BCUT2D eigenvalue weighted by atomic mass is 35.5. The van der Waals surface area contributed by atoms with Gasteiger partial charge in [-0.1, -0.05) is 18.5 Å². The van der Waals surface area contributed by atoms with Gasteiger partial charge in [0.1, 0.15) is 6.07 Å². The average Bonchev–Trinajstić information content (AvgIpc) is 2.29. The van der Waals surface area contributed by atoms with Gasteiger partial charge in [0.2, 0.25) is 0 Å². The maximum Gasteiger partial charge on any atom is 0.339 e. The molecule has 3 nitrogen and oxygen atoms in total. The van der Waals surface area contributed by atoms with E-state index in [-0.39, 0.29) is 12.2 Å². The number of nitrogens with zero attached hydrogens (tertiary/aromatic N) is 1. The van der Waals surface area contributed by atoms with E-state index < -0.39 is 5.97 Å². The largest absolute Gasteiger partial charge is 0.462 e. The van der Waals surface area contributed by atoms with Crippen LogP contribution in [0.4, 0.5) is 0 Å². The molecule has 0 aliphatic heterocycles. The number of aryl methyl sites for hydroxylation is 1. The molecule has 1 rings (SSSR count). The molecular weight excluding hydrogens is 226 g/mol. The Bertz CT molecular complexity index is 449. The van der Waals surface area contributed by atoms with E-state index in [0.29, 0.717) is 10.6 Å². The van der Waals surface area contributed by atoms with Crippen molar-refractivity contribution < 1.29 is 9.53 Å². The lowest BCUT2D eigenvalue weighted by molar-refractivity contribution is 0.0526. The monoisotopic (exact) mass is 237 g/mol. The number of rotatable bonds is 3. The van der Waals surface area contributed by atoms with Crippen LogP contribution in [0.3, 0.4) is 0 Å². The molecule has 0 aliphatic carbocycles. The van der Waals surface area contributed by atoms with Crippen molar-refractivity contribution in [3.05, 3.63) is 33.8 Å². The van der Waals surface area contributed by atoms with Crippen LogP contribution in [-0.4, -0.2) is 12.6 Å². The quantitative estimate of drug-likeness (QED) is 0.760. The van der Waals surface area contributed by atoms with Crippen molar-refractivity contribution in [3.63, 3.8) is 0 Å². The molecule has 84 valence electrons. The third kappa shape index (κ3) is 2.53. The van der Waals surface area contributed by atoms with Gasteiger partial charge in [0.05, 0.1) is 17.7 Å². The van der Waals surface area contributed by atoms with Gasteiger partial charge in [-0.2, -0.15) is 5.26 Å². The maximum atomic E-state index is 11.5. The molecule has 1 aromatic carbocycles. The Morgan fingerprint density at radius 2 is 2.19 bits per heavy atom. The van der Waals surface area contributed by atoms with Gasteiger partial charge in [0.25, 0.3) is 0 Å². The lowest BCUT2D eigenvalue weighted by Crippen LogP contribution is -2.07. The molecule has 0 fully saturated rings. The molecule has 0 spiro atoms. The number of esters is 1. The van der Waals surface area contributed by atoms with Crippen LogP contribution in [0.5, 0.6) is 0 Å². The molecule has 0 N–H and O–H groups in total. The number of hydrogen-bond acceptors (Lipinski definition) is 3. The van der Waals surface area contributed by atoms with Crippen LogP contribution >= 0.6 is 11.6 Å². The second-order valence-corrected chi connectivity index (χ2v) is 3.58. The molecule has 0 amide bonds. The minimum absolute atomic E-state index is 0.228. The molecule has 0 bridgehead atoms. The van der Waals surface area contributed by atoms with E-state index in [1.54, 1.807) is 13.0 Å². The van der Waals surface area contributed by atoms with Crippen LogP contribution in [0.15, 0.2) is 12.1 Å². The highest BCUT2D eigenvalue weighted by molar-refractivity contribution is 6.31. The van der Waals surface area contributed by atoms with Gasteiger partial charge in [0.15, 0.2) is 0 Å². The van der Waals surface area contributed by atoms with Gasteiger partial charge < -0.3 is 4.74 Å². The minimum atomic E-state index is -0.511. The van der Waals surface area contributed by atoms with Gasteiger partial charge in [0, 0.05) is 5.02 Å².